The lowest BCUT2D eigenvalue weighted by molar-refractivity contribution is 0.726. The van der Waals surface area contributed by atoms with Gasteiger partial charge in [-0.15, -0.1) is 24.0 Å². The van der Waals surface area contributed by atoms with E-state index in [-0.39, 0.29) is 24.0 Å². The van der Waals surface area contributed by atoms with Crippen molar-refractivity contribution in [1.29, 1.82) is 0 Å². The molecule has 128 valence electrons. The lowest BCUT2D eigenvalue weighted by Gasteiger charge is -2.21. The van der Waals surface area contributed by atoms with Gasteiger partial charge < -0.3 is 16.0 Å². The van der Waals surface area contributed by atoms with Gasteiger partial charge in [-0.05, 0) is 37.5 Å². The number of nitrogens with one attached hydrogen (secondary N) is 1. The van der Waals surface area contributed by atoms with E-state index < -0.39 is 0 Å². The van der Waals surface area contributed by atoms with E-state index >= 15 is 0 Å². The van der Waals surface area contributed by atoms with E-state index in [1.807, 2.05) is 19.2 Å². The van der Waals surface area contributed by atoms with Crippen molar-refractivity contribution in [3.05, 3.63) is 36.0 Å². The number of aliphatic imine (C=N–C) groups is 1. The highest BCUT2D eigenvalue weighted by atomic mass is 127. The molecule has 0 saturated carbocycles. The van der Waals surface area contributed by atoms with E-state index in [9.17, 15) is 0 Å². The Bertz CT molecular complexity index is 521. The first-order valence-corrected chi connectivity index (χ1v) is 8.03. The van der Waals surface area contributed by atoms with Gasteiger partial charge in [-0.25, -0.2) is 9.98 Å². The van der Waals surface area contributed by atoms with Crippen LogP contribution in [0, 0.1) is 0 Å². The van der Waals surface area contributed by atoms with Crippen LogP contribution in [0.4, 0.5) is 5.82 Å². The van der Waals surface area contributed by atoms with Gasteiger partial charge in [0.1, 0.15) is 5.82 Å². The molecule has 1 aromatic rings. The summed E-state index contributed by atoms with van der Waals surface area (Å²) in [5.41, 5.74) is 8.01. The van der Waals surface area contributed by atoms with Crippen LogP contribution in [0.25, 0.3) is 0 Å². The molecule has 1 aliphatic heterocycles. The average Bonchev–Trinajstić information content (AvgIpc) is 2.80. The maximum atomic E-state index is 5.84. The largest absolute Gasteiger partial charge is 0.370 e. The normalized spacial score (nSPS) is 15.5. The number of hydrogen-bond donors (Lipinski definition) is 2. The maximum Gasteiger partial charge on any atom is 0.189 e. The molecule has 0 aromatic carbocycles. The molecule has 1 aromatic heterocycles. The zero-order valence-corrected chi connectivity index (χ0v) is 16.3. The predicted molar refractivity (Wildman–Crippen MR) is 108 cm³/mol. The summed E-state index contributed by atoms with van der Waals surface area (Å²) < 4.78 is 0. The lowest BCUT2D eigenvalue weighted by atomic mass is 10.2. The summed E-state index contributed by atoms with van der Waals surface area (Å²) in [6.45, 7) is 9.21. The van der Waals surface area contributed by atoms with Crippen molar-refractivity contribution in [2.75, 3.05) is 24.5 Å². The fourth-order valence-corrected chi connectivity index (χ4v) is 2.51. The SMILES string of the molecule is C=C(C)CNC(N)=NCc1ccnc(N2CCCCCC2)c1.I. The van der Waals surface area contributed by atoms with Crippen molar-refractivity contribution in [3.8, 4) is 0 Å². The molecule has 2 heterocycles. The molecule has 1 saturated heterocycles. The van der Waals surface area contributed by atoms with E-state index in [1.54, 1.807) is 0 Å². The van der Waals surface area contributed by atoms with Crippen molar-refractivity contribution in [2.45, 2.75) is 39.2 Å². The number of hydrogen-bond acceptors (Lipinski definition) is 3. The molecule has 1 aliphatic rings. The first-order chi connectivity index (χ1) is 10.6. The van der Waals surface area contributed by atoms with Gasteiger partial charge in [-0.3, -0.25) is 0 Å². The van der Waals surface area contributed by atoms with Gasteiger partial charge in [0.25, 0.3) is 0 Å². The number of pyridine rings is 1. The van der Waals surface area contributed by atoms with Crippen LogP contribution in [-0.2, 0) is 6.54 Å². The third kappa shape index (κ3) is 7.20. The standard InChI is InChI=1S/C17H27N5.HI/c1-14(2)12-20-17(18)21-13-15-7-8-19-16(11-15)22-9-5-3-4-6-10-22;/h7-8,11H,1,3-6,9-10,12-13H2,2H3,(H3,18,20,21);1H. The summed E-state index contributed by atoms with van der Waals surface area (Å²) in [4.78, 5) is 11.3. The number of guanidine groups is 1. The molecule has 0 atom stereocenters. The second-order valence-corrected chi connectivity index (χ2v) is 5.94. The number of nitrogens with two attached hydrogens (primary N) is 1. The van der Waals surface area contributed by atoms with Crippen LogP contribution in [0.1, 0.15) is 38.2 Å². The Morgan fingerprint density at radius 2 is 2.04 bits per heavy atom. The Labute approximate surface area is 156 Å². The van der Waals surface area contributed by atoms with Crippen LogP contribution in [0.3, 0.4) is 0 Å². The van der Waals surface area contributed by atoms with E-state index in [2.05, 4.69) is 32.8 Å². The zero-order valence-electron chi connectivity index (χ0n) is 13.9. The van der Waals surface area contributed by atoms with Gasteiger partial charge >= 0.3 is 0 Å². The molecule has 3 N–H and O–H groups in total. The summed E-state index contributed by atoms with van der Waals surface area (Å²) in [5, 5.41) is 3.04. The van der Waals surface area contributed by atoms with E-state index in [0.717, 1.165) is 30.0 Å². The quantitative estimate of drug-likeness (QED) is 0.327. The van der Waals surface area contributed by atoms with Gasteiger partial charge in [-0.2, -0.15) is 0 Å². The Kier molecular flexibility index (Phi) is 8.98. The molecule has 23 heavy (non-hydrogen) atoms. The maximum absolute atomic E-state index is 5.84. The fourth-order valence-electron chi connectivity index (χ4n) is 2.51. The molecular formula is C17H28IN5. The molecule has 0 radical (unpaired) electrons. The highest BCUT2D eigenvalue weighted by Crippen LogP contribution is 2.18. The fraction of sp³-hybridized carbons (Fsp3) is 0.529. The molecule has 6 heteroatoms. The third-order valence-electron chi connectivity index (χ3n) is 3.74. The lowest BCUT2D eigenvalue weighted by Crippen LogP contribution is -2.32. The van der Waals surface area contributed by atoms with Crippen LogP contribution in [0.15, 0.2) is 35.5 Å². The summed E-state index contributed by atoms with van der Waals surface area (Å²) in [6, 6.07) is 4.12. The number of nitrogens with zero attached hydrogens (tertiary/aromatic N) is 3. The molecule has 0 bridgehead atoms. The van der Waals surface area contributed by atoms with Crippen molar-refractivity contribution in [1.82, 2.24) is 10.3 Å². The van der Waals surface area contributed by atoms with Crippen molar-refractivity contribution < 1.29 is 0 Å². The van der Waals surface area contributed by atoms with E-state index in [0.29, 0.717) is 19.0 Å². The Morgan fingerprint density at radius 1 is 1.35 bits per heavy atom. The van der Waals surface area contributed by atoms with Crippen LogP contribution in [0.5, 0.6) is 0 Å². The monoisotopic (exact) mass is 429 g/mol. The summed E-state index contributed by atoms with van der Waals surface area (Å²) in [5.74, 6) is 1.51. The topological polar surface area (TPSA) is 66.5 Å². The first kappa shape index (κ1) is 19.7. The minimum absolute atomic E-state index is 0. The molecule has 5 nitrogen and oxygen atoms in total. The van der Waals surface area contributed by atoms with Gasteiger partial charge in [0.2, 0.25) is 0 Å². The smallest absolute Gasteiger partial charge is 0.189 e. The molecule has 1 fully saturated rings. The Hall–Kier alpha value is -1.31. The Morgan fingerprint density at radius 3 is 2.70 bits per heavy atom. The molecule has 2 rings (SSSR count). The van der Waals surface area contributed by atoms with Crippen molar-refractivity contribution in [2.24, 2.45) is 10.7 Å². The van der Waals surface area contributed by atoms with Gasteiger partial charge in [0.15, 0.2) is 5.96 Å². The van der Waals surface area contributed by atoms with Crippen LogP contribution >= 0.6 is 24.0 Å². The zero-order chi connectivity index (χ0) is 15.8. The van der Waals surface area contributed by atoms with Crippen LogP contribution in [0.2, 0.25) is 0 Å². The predicted octanol–water partition coefficient (Wildman–Crippen LogP) is 3.06. The molecule has 0 amide bonds. The summed E-state index contributed by atoms with van der Waals surface area (Å²) >= 11 is 0. The number of anilines is 1. The number of rotatable bonds is 5. The molecular weight excluding hydrogens is 401 g/mol. The minimum Gasteiger partial charge on any atom is -0.370 e. The number of halogens is 1. The summed E-state index contributed by atoms with van der Waals surface area (Å²) in [7, 11) is 0. The van der Waals surface area contributed by atoms with Gasteiger partial charge in [0, 0.05) is 25.8 Å². The molecule has 0 unspecified atom stereocenters. The van der Waals surface area contributed by atoms with Crippen LogP contribution < -0.4 is 16.0 Å². The van der Waals surface area contributed by atoms with E-state index in [1.165, 1.54) is 25.7 Å². The van der Waals surface area contributed by atoms with Crippen molar-refractivity contribution in [3.63, 3.8) is 0 Å². The second-order valence-electron chi connectivity index (χ2n) is 5.94. The van der Waals surface area contributed by atoms with Gasteiger partial charge in [0.05, 0.1) is 6.54 Å². The third-order valence-corrected chi connectivity index (χ3v) is 3.74. The second kappa shape index (κ2) is 10.5. The van der Waals surface area contributed by atoms with E-state index in [4.69, 9.17) is 5.73 Å². The van der Waals surface area contributed by atoms with Gasteiger partial charge in [-0.1, -0.05) is 25.0 Å². The van der Waals surface area contributed by atoms with Crippen LogP contribution in [-0.4, -0.2) is 30.6 Å². The highest BCUT2D eigenvalue weighted by molar-refractivity contribution is 14.0. The van der Waals surface area contributed by atoms with Crippen molar-refractivity contribution >= 4 is 35.8 Å². The minimum atomic E-state index is 0. The Balaban J connectivity index is 0.00000264. The molecule has 0 aliphatic carbocycles. The molecule has 0 spiro atoms. The average molecular weight is 429 g/mol. The highest BCUT2D eigenvalue weighted by Gasteiger charge is 2.11. The summed E-state index contributed by atoms with van der Waals surface area (Å²) in [6.07, 6.45) is 7.02. The number of aromatic nitrogens is 1. The first-order valence-electron chi connectivity index (χ1n) is 8.03.